The van der Waals surface area contributed by atoms with Gasteiger partial charge in [0, 0.05) is 37.8 Å². The minimum absolute atomic E-state index is 0.0127. The number of fused-ring (bicyclic) bond motifs is 1. The maximum atomic E-state index is 12.5. The largest absolute Gasteiger partial charge is 0.450 e. The van der Waals surface area contributed by atoms with E-state index in [0.717, 1.165) is 4.31 Å². The van der Waals surface area contributed by atoms with Crippen molar-refractivity contribution in [3.63, 3.8) is 0 Å². The molecule has 2 aromatic carbocycles. The summed E-state index contributed by atoms with van der Waals surface area (Å²) in [5, 5.41) is 3.20. The fourth-order valence-electron chi connectivity index (χ4n) is 2.92. The maximum absolute atomic E-state index is 12.5. The second kappa shape index (κ2) is 9.70. The lowest BCUT2D eigenvalue weighted by Crippen LogP contribution is -2.23. The number of hydrogen-bond donors (Lipinski definition) is 1. The van der Waals surface area contributed by atoms with Gasteiger partial charge in [0.15, 0.2) is 6.61 Å². The van der Waals surface area contributed by atoms with Crippen LogP contribution in [0.1, 0.15) is 16.1 Å². The SMILES string of the molecule is COCc1c(C(=O)OCC(=O)Nc2ccc(Cl)c(S(=O)(=O)N(C)C)c2)oc2ccccc12. The quantitative estimate of drug-likeness (QED) is 0.492. The first-order valence-corrected chi connectivity index (χ1v) is 11.2. The molecular weight excluding hydrogens is 460 g/mol. The third-order valence-electron chi connectivity index (χ3n) is 4.48. The van der Waals surface area contributed by atoms with Crippen LogP contribution in [-0.2, 0) is 30.9 Å². The third-order valence-corrected chi connectivity index (χ3v) is 6.78. The standard InChI is InChI=1S/C21H21ClN2O7S/c1-24(2)32(27,28)18-10-13(8-9-16(18)22)23-19(25)12-30-21(26)20-15(11-29-3)14-6-4-5-7-17(14)31-20/h4-10H,11-12H2,1-3H3,(H,23,25). The molecule has 0 spiro atoms. The van der Waals surface area contributed by atoms with E-state index < -0.39 is 28.5 Å². The molecule has 32 heavy (non-hydrogen) atoms. The van der Waals surface area contributed by atoms with Crippen LogP contribution in [0.4, 0.5) is 5.69 Å². The Morgan fingerprint density at radius 1 is 1.16 bits per heavy atom. The minimum Gasteiger partial charge on any atom is -0.450 e. The summed E-state index contributed by atoms with van der Waals surface area (Å²) in [7, 11) is 0.412. The van der Waals surface area contributed by atoms with Gasteiger partial charge in [0.2, 0.25) is 15.8 Å². The number of sulfonamides is 1. The molecular formula is C21H21ClN2O7S. The molecule has 0 saturated carbocycles. The lowest BCUT2D eigenvalue weighted by Gasteiger charge is -2.14. The van der Waals surface area contributed by atoms with Gasteiger partial charge in [-0.15, -0.1) is 0 Å². The van der Waals surface area contributed by atoms with Crippen molar-refractivity contribution in [1.29, 1.82) is 0 Å². The zero-order chi connectivity index (χ0) is 23.5. The van der Waals surface area contributed by atoms with Crippen molar-refractivity contribution in [2.75, 3.05) is 33.1 Å². The molecule has 9 nitrogen and oxygen atoms in total. The topological polar surface area (TPSA) is 115 Å². The molecule has 3 rings (SSSR count). The highest BCUT2D eigenvalue weighted by atomic mass is 35.5. The predicted octanol–water partition coefficient (Wildman–Crippen LogP) is 3.28. The summed E-state index contributed by atoms with van der Waals surface area (Å²) in [5.41, 5.74) is 1.19. The minimum atomic E-state index is -3.81. The first-order valence-electron chi connectivity index (χ1n) is 9.33. The van der Waals surface area contributed by atoms with E-state index in [-0.39, 0.29) is 28.0 Å². The molecule has 1 aromatic heterocycles. The van der Waals surface area contributed by atoms with Gasteiger partial charge < -0.3 is 19.2 Å². The summed E-state index contributed by atoms with van der Waals surface area (Å²) in [5.74, 6) is -1.54. The zero-order valence-corrected chi connectivity index (χ0v) is 19.1. The van der Waals surface area contributed by atoms with Gasteiger partial charge in [0.1, 0.15) is 10.5 Å². The Bertz CT molecular complexity index is 1270. The Kier molecular flexibility index (Phi) is 7.19. The Hall–Kier alpha value is -2.92. The van der Waals surface area contributed by atoms with Gasteiger partial charge in [0.05, 0.1) is 11.6 Å². The van der Waals surface area contributed by atoms with E-state index in [1.807, 2.05) is 0 Å². The molecule has 170 valence electrons. The van der Waals surface area contributed by atoms with E-state index in [9.17, 15) is 18.0 Å². The molecule has 0 bridgehead atoms. The molecule has 0 aliphatic rings. The van der Waals surface area contributed by atoms with Crippen molar-refractivity contribution in [3.05, 3.63) is 58.8 Å². The van der Waals surface area contributed by atoms with Crippen LogP contribution in [0.3, 0.4) is 0 Å². The number of ether oxygens (including phenoxy) is 2. The van der Waals surface area contributed by atoms with Gasteiger partial charge >= 0.3 is 5.97 Å². The molecule has 0 aliphatic heterocycles. The molecule has 0 fully saturated rings. The average molecular weight is 481 g/mol. The normalized spacial score (nSPS) is 11.7. The highest BCUT2D eigenvalue weighted by Gasteiger charge is 2.24. The number of amides is 1. The van der Waals surface area contributed by atoms with Gasteiger partial charge in [-0.25, -0.2) is 17.5 Å². The summed E-state index contributed by atoms with van der Waals surface area (Å²) < 4.78 is 41.5. The van der Waals surface area contributed by atoms with Crippen molar-refractivity contribution in [2.24, 2.45) is 0 Å². The molecule has 3 aromatic rings. The van der Waals surface area contributed by atoms with Crippen molar-refractivity contribution in [3.8, 4) is 0 Å². The van der Waals surface area contributed by atoms with Gasteiger partial charge in [-0.05, 0) is 24.3 Å². The summed E-state index contributed by atoms with van der Waals surface area (Å²) >= 11 is 6.00. The third kappa shape index (κ3) is 4.94. The number of carbonyl (C=O) groups excluding carboxylic acids is 2. The van der Waals surface area contributed by atoms with E-state index in [0.29, 0.717) is 16.5 Å². The van der Waals surface area contributed by atoms with Crippen LogP contribution in [-0.4, -0.2) is 52.4 Å². The molecule has 0 unspecified atom stereocenters. The van der Waals surface area contributed by atoms with Crippen LogP contribution in [0.5, 0.6) is 0 Å². The monoisotopic (exact) mass is 480 g/mol. The van der Waals surface area contributed by atoms with Gasteiger partial charge in [-0.3, -0.25) is 4.79 Å². The van der Waals surface area contributed by atoms with E-state index in [1.165, 1.54) is 39.4 Å². The van der Waals surface area contributed by atoms with Crippen molar-refractivity contribution in [1.82, 2.24) is 4.31 Å². The predicted molar refractivity (Wildman–Crippen MR) is 118 cm³/mol. The van der Waals surface area contributed by atoms with Crippen LogP contribution in [0.25, 0.3) is 11.0 Å². The van der Waals surface area contributed by atoms with Crippen molar-refractivity contribution < 1.29 is 31.9 Å². The summed E-state index contributed by atoms with van der Waals surface area (Å²) in [6.07, 6.45) is 0. The van der Waals surface area contributed by atoms with E-state index in [2.05, 4.69) is 5.32 Å². The number of furan rings is 1. The highest BCUT2D eigenvalue weighted by molar-refractivity contribution is 7.89. The van der Waals surface area contributed by atoms with Crippen LogP contribution in [0, 0.1) is 0 Å². The average Bonchev–Trinajstić information content (AvgIpc) is 3.12. The van der Waals surface area contributed by atoms with Gasteiger partial charge in [0.25, 0.3) is 5.91 Å². The fourth-order valence-corrected chi connectivity index (χ4v) is 4.31. The van der Waals surface area contributed by atoms with Crippen LogP contribution in [0.2, 0.25) is 5.02 Å². The van der Waals surface area contributed by atoms with Crippen LogP contribution >= 0.6 is 11.6 Å². The number of methoxy groups -OCH3 is 1. The first kappa shape index (κ1) is 23.7. The highest BCUT2D eigenvalue weighted by Crippen LogP contribution is 2.28. The first-order chi connectivity index (χ1) is 15.1. The fraction of sp³-hybridized carbons (Fsp3) is 0.238. The second-order valence-electron chi connectivity index (χ2n) is 6.90. The Balaban J connectivity index is 1.71. The van der Waals surface area contributed by atoms with E-state index >= 15 is 0 Å². The van der Waals surface area contributed by atoms with Crippen LogP contribution < -0.4 is 5.32 Å². The number of anilines is 1. The molecule has 1 heterocycles. The number of benzene rings is 2. The summed E-state index contributed by atoms with van der Waals surface area (Å²) in [6.45, 7) is -0.484. The van der Waals surface area contributed by atoms with Crippen LogP contribution in [0.15, 0.2) is 51.8 Å². The number of rotatable bonds is 8. The molecule has 0 saturated heterocycles. The number of nitrogens with one attached hydrogen (secondary N) is 1. The molecule has 0 atom stereocenters. The Morgan fingerprint density at radius 2 is 1.88 bits per heavy atom. The molecule has 0 radical (unpaired) electrons. The number of para-hydroxylation sites is 1. The van der Waals surface area contributed by atoms with Gasteiger partial charge in [-0.1, -0.05) is 29.8 Å². The molecule has 0 aliphatic carbocycles. The lowest BCUT2D eigenvalue weighted by atomic mass is 10.1. The van der Waals surface area contributed by atoms with Crippen molar-refractivity contribution in [2.45, 2.75) is 11.5 Å². The second-order valence-corrected chi connectivity index (χ2v) is 9.42. The number of halogens is 1. The number of nitrogens with zero attached hydrogens (tertiary/aromatic N) is 1. The lowest BCUT2D eigenvalue weighted by molar-refractivity contribution is -0.119. The number of carbonyl (C=O) groups is 2. The summed E-state index contributed by atoms with van der Waals surface area (Å²) in [4.78, 5) is 24.6. The molecule has 11 heteroatoms. The summed E-state index contributed by atoms with van der Waals surface area (Å²) in [6, 6.07) is 11.1. The van der Waals surface area contributed by atoms with E-state index in [4.69, 9.17) is 25.5 Å². The number of esters is 1. The zero-order valence-electron chi connectivity index (χ0n) is 17.5. The molecule has 1 N–H and O–H groups in total. The van der Waals surface area contributed by atoms with E-state index in [1.54, 1.807) is 24.3 Å². The van der Waals surface area contributed by atoms with Gasteiger partial charge in [-0.2, -0.15) is 0 Å². The molecule has 1 amide bonds. The Labute approximate surface area is 189 Å². The number of hydrogen-bond acceptors (Lipinski definition) is 7. The van der Waals surface area contributed by atoms with Crippen molar-refractivity contribution >= 4 is 50.2 Å². The maximum Gasteiger partial charge on any atom is 0.375 e. The smallest absolute Gasteiger partial charge is 0.375 e. The Morgan fingerprint density at radius 3 is 2.56 bits per heavy atom.